The first-order valence-corrected chi connectivity index (χ1v) is 7.26. The molecule has 2 aliphatic rings. The van der Waals surface area contributed by atoms with Gasteiger partial charge in [0.1, 0.15) is 0 Å². The van der Waals surface area contributed by atoms with Crippen molar-refractivity contribution in [3.05, 3.63) is 28.2 Å². The van der Waals surface area contributed by atoms with E-state index in [1.165, 1.54) is 25.7 Å². The van der Waals surface area contributed by atoms with Crippen molar-refractivity contribution >= 4 is 21.6 Å². The van der Waals surface area contributed by atoms with E-state index in [4.69, 9.17) is 5.26 Å². The second-order valence-corrected chi connectivity index (χ2v) is 6.11. The van der Waals surface area contributed by atoms with Gasteiger partial charge in [-0.15, -0.1) is 0 Å². The zero-order chi connectivity index (χ0) is 12.5. The van der Waals surface area contributed by atoms with E-state index in [9.17, 15) is 0 Å². The van der Waals surface area contributed by atoms with Crippen LogP contribution in [0.1, 0.15) is 31.2 Å². The molecule has 3 nitrogen and oxygen atoms in total. The number of nitrogens with zero attached hydrogens (tertiary/aromatic N) is 1. The lowest BCUT2D eigenvalue weighted by atomic mass is 9.99. The molecular formula is C14H16BrN3. The smallest absolute Gasteiger partial charge is 0.0992 e. The normalized spacial score (nSPS) is 29.9. The Hall–Kier alpha value is -1.05. The largest absolute Gasteiger partial charge is 0.381 e. The highest BCUT2D eigenvalue weighted by Gasteiger charge is 2.33. The molecule has 2 fully saturated rings. The molecule has 18 heavy (non-hydrogen) atoms. The summed E-state index contributed by atoms with van der Waals surface area (Å²) in [5.41, 5.74) is 1.79. The van der Waals surface area contributed by atoms with E-state index >= 15 is 0 Å². The molecule has 1 aromatic rings. The van der Waals surface area contributed by atoms with Crippen LogP contribution >= 0.6 is 15.9 Å². The fourth-order valence-corrected chi connectivity index (χ4v) is 3.59. The van der Waals surface area contributed by atoms with E-state index in [1.807, 2.05) is 18.2 Å². The lowest BCUT2D eigenvalue weighted by Crippen LogP contribution is -2.43. The van der Waals surface area contributed by atoms with Crippen LogP contribution in [0.2, 0.25) is 0 Å². The number of benzene rings is 1. The van der Waals surface area contributed by atoms with Gasteiger partial charge in [0.2, 0.25) is 0 Å². The van der Waals surface area contributed by atoms with Crippen LogP contribution < -0.4 is 10.6 Å². The van der Waals surface area contributed by atoms with Crippen molar-refractivity contribution in [1.82, 2.24) is 5.32 Å². The Morgan fingerprint density at radius 1 is 1.28 bits per heavy atom. The summed E-state index contributed by atoms with van der Waals surface area (Å²) in [5, 5.41) is 16.1. The molecule has 2 saturated heterocycles. The molecule has 0 saturated carbocycles. The van der Waals surface area contributed by atoms with Crippen LogP contribution in [0.4, 0.5) is 5.69 Å². The lowest BCUT2D eigenvalue weighted by molar-refractivity contribution is 0.378. The van der Waals surface area contributed by atoms with Crippen LogP contribution in [-0.4, -0.2) is 18.1 Å². The summed E-state index contributed by atoms with van der Waals surface area (Å²) in [6, 6.07) is 9.82. The molecule has 94 valence electrons. The highest BCUT2D eigenvalue weighted by Crippen LogP contribution is 2.31. The van der Waals surface area contributed by atoms with Gasteiger partial charge in [-0.25, -0.2) is 0 Å². The van der Waals surface area contributed by atoms with Gasteiger partial charge in [0.15, 0.2) is 0 Å². The standard InChI is InChI=1S/C14H16BrN3/c15-13-5-9(8-16)1-4-14(13)18-12-6-10-2-3-11(7-12)17-10/h1,4-5,10-12,17-18H,2-3,6-7H2. The average molecular weight is 306 g/mol. The number of halogens is 1. The molecule has 0 spiro atoms. The van der Waals surface area contributed by atoms with Gasteiger partial charge in [-0.2, -0.15) is 5.26 Å². The molecule has 0 amide bonds. The second-order valence-electron chi connectivity index (χ2n) is 5.26. The topological polar surface area (TPSA) is 47.9 Å². The summed E-state index contributed by atoms with van der Waals surface area (Å²) in [4.78, 5) is 0. The predicted octanol–water partition coefficient (Wildman–Crippen LogP) is 3.02. The van der Waals surface area contributed by atoms with Gasteiger partial charge in [-0.05, 0) is 59.8 Å². The van der Waals surface area contributed by atoms with Crippen molar-refractivity contribution in [2.75, 3.05) is 5.32 Å². The van der Waals surface area contributed by atoms with Gasteiger partial charge in [0, 0.05) is 28.3 Å². The van der Waals surface area contributed by atoms with E-state index in [1.54, 1.807) is 0 Å². The summed E-state index contributed by atoms with van der Waals surface area (Å²) in [6.07, 6.45) is 5.03. The number of piperidine rings is 1. The molecule has 0 aromatic heterocycles. The fourth-order valence-electron chi connectivity index (χ4n) is 3.10. The Morgan fingerprint density at radius 3 is 2.61 bits per heavy atom. The number of nitriles is 1. The average Bonchev–Trinajstić information content (AvgIpc) is 2.71. The molecule has 3 rings (SSSR count). The van der Waals surface area contributed by atoms with Gasteiger partial charge < -0.3 is 10.6 Å². The molecule has 2 N–H and O–H groups in total. The molecule has 2 heterocycles. The van der Waals surface area contributed by atoms with E-state index < -0.39 is 0 Å². The van der Waals surface area contributed by atoms with Gasteiger partial charge in [-0.3, -0.25) is 0 Å². The molecule has 1 aromatic carbocycles. The van der Waals surface area contributed by atoms with Crippen molar-refractivity contribution in [3.63, 3.8) is 0 Å². The van der Waals surface area contributed by atoms with Gasteiger partial charge in [-0.1, -0.05) is 0 Å². The predicted molar refractivity (Wildman–Crippen MR) is 75.4 cm³/mol. The summed E-state index contributed by atoms with van der Waals surface area (Å²) in [6.45, 7) is 0. The minimum atomic E-state index is 0.549. The highest BCUT2D eigenvalue weighted by molar-refractivity contribution is 9.10. The quantitative estimate of drug-likeness (QED) is 0.883. The van der Waals surface area contributed by atoms with Crippen molar-refractivity contribution in [3.8, 4) is 6.07 Å². The Bertz CT molecular complexity index is 482. The number of hydrogen-bond acceptors (Lipinski definition) is 3. The first-order valence-electron chi connectivity index (χ1n) is 6.47. The number of hydrogen-bond donors (Lipinski definition) is 2. The van der Waals surface area contributed by atoms with E-state index in [0.717, 1.165) is 10.2 Å². The minimum absolute atomic E-state index is 0.549. The lowest BCUT2D eigenvalue weighted by Gasteiger charge is -2.30. The van der Waals surface area contributed by atoms with Crippen LogP contribution in [0.3, 0.4) is 0 Å². The maximum Gasteiger partial charge on any atom is 0.0992 e. The molecule has 2 atom stereocenters. The van der Waals surface area contributed by atoms with Crippen LogP contribution in [0.5, 0.6) is 0 Å². The Kier molecular flexibility index (Phi) is 3.27. The minimum Gasteiger partial charge on any atom is -0.381 e. The van der Waals surface area contributed by atoms with Crippen molar-refractivity contribution in [2.24, 2.45) is 0 Å². The SMILES string of the molecule is N#Cc1ccc(NC2CC3CCC(C2)N3)c(Br)c1. The Balaban J connectivity index is 1.71. The number of anilines is 1. The summed E-state index contributed by atoms with van der Waals surface area (Å²) >= 11 is 3.53. The molecular weight excluding hydrogens is 290 g/mol. The van der Waals surface area contributed by atoms with E-state index in [0.29, 0.717) is 23.7 Å². The molecule has 2 bridgehead atoms. The Morgan fingerprint density at radius 2 is 2.00 bits per heavy atom. The maximum absolute atomic E-state index is 8.85. The number of nitrogens with one attached hydrogen (secondary N) is 2. The second kappa shape index (κ2) is 4.91. The third-order valence-corrected chi connectivity index (χ3v) is 4.59. The van der Waals surface area contributed by atoms with Crippen LogP contribution in [0.25, 0.3) is 0 Å². The van der Waals surface area contributed by atoms with Crippen molar-refractivity contribution in [2.45, 2.75) is 43.8 Å². The zero-order valence-electron chi connectivity index (χ0n) is 10.1. The van der Waals surface area contributed by atoms with Crippen molar-refractivity contribution < 1.29 is 0 Å². The third-order valence-electron chi connectivity index (χ3n) is 3.93. The van der Waals surface area contributed by atoms with Crippen LogP contribution in [-0.2, 0) is 0 Å². The van der Waals surface area contributed by atoms with Gasteiger partial charge in [0.25, 0.3) is 0 Å². The maximum atomic E-state index is 8.85. The number of rotatable bonds is 2. The van der Waals surface area contributed by atoms with E-state index in [-0.39, 0.29) is 0 Å². The van der Waals surface area contributed by atoms with Gasteiger partial charge >= 0.3 is 0 Å². The van der Waals surface area contributed by atoms with Crippen LogP contribution in [0.15, 0.2) is 22.7 Å². The summed E-state index contributed by atoms with van der Waals surface area (Å²) in [5.74, 6) is 0. The summed E-state index contributed by atoms with van der Waals surface area (Å²) < 4.78 is 0.979. The first kappa shape index (κ1) is 12.0. The third kappa shape index (κ3) is 2.38. The summed E-state index contributed by atoms with van der Waals surface area (Å²) in [7, 11) is 0. The van der Waals surface area contributed by atoms with Crippen molar-refractivity contribution in [1.29, 1.82) is 5.26 Å². The zero-order valence-corrected chi connectivity index (χ0v) is 11.7. The monoisotopic (exact) mass is 305 g/mol. The Labute approximate surface area is 116 Å². The molecule has 2 unspecified atom stereocenters. The fraction of sp³-hybridized carbons (Fsp3) is 0.500. The van der Waals surface area contributed by atoms with E-state index in [2.05, 4.69) is 32.6 Å². The number of fused-ring (bicyclic) bond motifs is 2. The first-order chi connectivity index (χ1) is 8.74. The molecule has 0 radical (unpaired) electrons. The van der Waals surface area contributed by atoms with Crippen LogP contribution in [0, 0.1) is 11.3 Å². The van der Waals surface area contributed by atoms with Gasteiger partial charge in [0.05, 0.1) is 11.6 Å². The molecule has 0 aliphatic carbocycles. The highest BCUT2D eigenvalue weighted by atomic mass is 79.9. The molecule has 4 heteroatoms. The molecule has 2 aliphatic heterocycles.